The lowest BCUT2D eigenvalue weighted by molar-refractivity contribution is -0.384. The van der Waals surface area contributed by atoms with Gasteiger partial charge in [-0.2, -0.15) is 0 Å². The van der Waals surface area contributed by atoms with E-state index < -0.39 is 16.9 Å². The van der Waals surface area contributed by atoms with Gasteiger partial charge in [0.15, 0.2) is 11.5 Å². The summed E-state index contributed by atoms with van der Waals surface area (Å²) in [6, 6.07) is 1.79. The molecule has 2 rings (SSSR count). The molecule has 1 aromatic rings. The molecule has 0 bridgehead atoms. The maximum atomic E-state index is 12.1. The van der Waals surface area contributed by atoms with E-state index in [1.165, 1.54) is 26.4 Å². The van der Waals surface area contributed by atoms with Crippen LogP contribution in [0.2, 0.25) is 0 Å². The fourth-order valence-corrected chi connectivity index (χ4v) is 2.15. The van der Waals surface area contributed by atoms with Gasteiger partial charge in [-0.1, -0.05) is 0 Å². The topological polar surface area (TPSA) is 120 Å². The molecule has 118 valence electrons. The first-order chi connectivity index (χ1) is 10.5. The Morgan fingerprint density at radius 3 is 2.50 bits per heavy atom. The zero-order valence-corrected chi connectivity index (χ0v) is 12.0. The van der Waals surface area contributed by atoms with Crippen molar-refractivity contribution < 1.29 is 24.0 Å². The molecule has 9 heteroatoms. The molecular formula is C13H15N3O6. The van der Waals surface area contributed by atoms with E-state index in [1.807, 2.05) is 0 Å². The van der Waals surface area contributed by atoms with Gasteiger partial charge in [-0.15, -0.1) is 0 Å². The molecule has 0 radical (unpaired) electrons. The summed E-state index contributed by atoms with van der Waals surface area (Å²) >= 11 is 0. The van der Waals surface area contributed by atoms with Gasteiger partial charge in [0, 0.05) is 12.5 Å². The molecule has 2 N–H and O–H groups in total. The smallest absolute Gasteiger partial charge is 0.296 e. The van der Waals surface area contributed by atoms with E-state index in [0.717, 1.165) is 0 Å². The van der Waals surface area contributed by atoms with Gasteiger partial charge in [0.1, 0.15) is 11.7 Å². The Hall–Kier alpha value is -2.84. The average Bonchev–Trinajstić information content (AvgIpc) is 2.93. The van der Waals surface area contributed by atoms with Crippen molar-refractivity contribution in [2.45, 2.75) is 18.9 Å². The monoisotopic (exact) mass is 309 g/mol. The van der Waals surface area contributed by atoms with E-state index in [0.29, 0.717) is 6.42 Å². The van der Waals surface area contributed by atoms with Crippen LogP contribution in [0.4, 0.5) is 11.4 Å². The second kappa shape index (κ2) is 6.29. The quantitative estimate of drug-likeness (QED) is 0.614. The lowest BCUT2D eigenvalue weighted by atomic mass is 10.2. The van der Waals surface area contributed by atoms with Crippen LogP contribution in [0, 0.1) is 10.1 Å². The van der Waals surface area contributed by atoms with Crippen LogP contribution in [0.25, 0.3) is 0 Å². The molecule has 9 nitrogen and oxygen atoms in total. The number of amides is 2. The van der Waals surface area contributed by atoms with E-state index in [-0.39, 0.29) is 35.2 Å². The van der Waals surface area contributed by atoms with Crippen LogP contribution in [0.5, 0.6) is 11.5 Å². The van der Waals surface area contributed by atoms with Gasteiger partial charge in [0.05, 0.1) is 25.2 Å². The molecule has 0 aromatic heterocycles. The number of carbonyl (C=O) groups is 2. The molecule has 1 aliphatic rings. The van der Waals surface area contributed by atoms with Crippen molar-refractivity contribution in [3.8, 4) is 11.5 Å². The second-order valence-corrected chi connectivity index (χ2v) is 4.63. The Balaban J connectivity index is 2.30. The number of ether oxygens (including phenoxy) is 2. The van der Waals surface area contributed by atoms with E-state index in [4.69, 9.17) is 9.47 Å². The number of hydrogen-bond acceptors (Lipinski definition) is 6. The fourth-order valence-electron chi connectivity index (χ4n) is 2.15. The molecule has 1 saturated heterocycles. The van der Waals surface area contributed by atoms with Gasteiger partial charge in [-0.05, 0) is 6.42 Å². The minimum Gasteiger partial charge on any atom is -0.493 e. The summed E-state index contributed by atoms with van der Waals surface area (Å²) in [6.07, 6.45) is 0.609. The Bertz CT molecular complexity index is 630. The summed E-state index contributed by atoms with van der Waals surface area (Å²) in [5.41, 5.74) is -0.343. The van der Waals surface area contributed by atoms with Gasteiger partial charge < -0.3 is 20.1 Å². The highest BCUT2D eigenvalue weighted by Crippen LogP contribution is 2.37. The summed E-state index contributed by atoms with van der Waals surface area (Å²) in [5, 5.41) is 16.1. The predicted octanol–water partition coefficient (Wildman–Crippen LogP) is 0.829. The van der Waals surface area contributed by atoms with E-state index in [1.54, 1.807) is 0 Å². The number of nitrogens with zero attached hydrogens (tertiary/aromatic N) is 1. The van der Waals surface area contributed by atoms with Crippen molar-refractivity contribution in [3.05, 3.63) is 22.2 Å². The number of anilines is 1. The van der Waals surface area contributed by atoms with Crippen LogP contribution in [0.15, 0.2) is 12.1 Å². The third kappa shape index (κ3) is 3.08. The van der Waals surface area contributed by atoms with Gasteiger partial charge in [-0.25, -0.2) is 0 Å². The average molecular weight is 309 g/mol. The molecular weight excluding hydrogens is 294 g/mol. The Morgan fingerprint density at radius 1 is 1.36 bits per heavy atom. The Kier molecular flexibility index (Phi) is 4.44. The van der Waals surface area contributed by atoms with Crippen LogP contribution < -0.4 is 20.1 Å². The molecule has 1 heterocycles. The van der Waals surface area contributed by atoms with Crippen LogP contribution in [0.1, 0.15) is 12.8 Å². The molecule has 1 atom stereocenters. The molecule has 1 aromatic carbocycles. The van der Waals surface area contributed by atoms with Crippen molar-refractivity contribution >= 4 is 23.2 Å². The van der Waals surface area contributed by atoms with Crippen molar-refractivity contribution in [3.63, 3.8) is 0 Å². The van der Waals surface area contributed by atoms with Crippen molar-refractivity contribution in [1.82, 2.24) is 5.32 Å². The number of benzene rings is 1. The molecule has 0 saturated carbocycles. The van der Waals surface area contributed by atoms with Crippen LogP contribution in [-0.2, 0) is 9.59 Å². The van der Waals surface area contributed by atoms with Crippen LogP contribution >= 0.6 is 0 Å². The SMILES string of the molecule is COc1cc(NC(=O)C2CCC(=O)N2)c([N+](=O)[O-])cc1OC. The van der Waals surface area contributed by atoms with Gasteiger partial charge in [0.25, 0.3) is 5.69 Å². The molecule has 1 aliphatic heterocycles. The van der Waals surface area contributed by atoms with Crippen LogP contribution in [-0.4, -0.2) is 37.0 Å². The Morgan fingerprint density at radius 2 is 2.00 bits per heavy atom. The largest absolute Gasteiger partial charge is 0.493 e. The number of methoxy groups -OCH3 is 2. The minimum atomic E-state index is -0.694. The van der Waals surface area contributed by atoms with E-state index in [2.05, 4.69) is 10.6 Å². The highest BCUT2D eigenvalue weighted by Gasteiger charge is 2.29. The van der Waals surface area contributed by atoms with Crippen molar-refractivity contribution in [1.29, 1.82) is 0 Å². The standard InChI is InChI=1S/C13H15N3O6/c1-21-10-5-8(9(16(19)20)6-11(10)22-2)15-13(18)7-3-4-12(17)14-7/h5-7H,3-4H2,1-2H3,(H,14,17)(H,15,18). The third-order valence-corrected chi connectivity index (χ3v) is 3.27. The highest BCUT2D eigenvalue weighted by molar-refractivity contribution is 6.00. The zero-order valence-electron chi connectivity index (χ0n) is 12.0. The van der Waals surface area contributed by atoms with Crippen molar-refractivity contribution in [2.75, 3.05) is 19.5 Å². The molecule has 2 amide bonds. The summed E-state index contributed by atoms with van der Waals surface area (Å²) in [7, 11) is 2.74. The normalized spacial score (nSPS) is 16.8. The molecule has 0 spiro atoms. The van der Waals surface area contributed by atoms with E-state index >= 15 is 0 Å². The summed E-state index contributed by atoms with van der Waals surface area (Å²) < 4.78 is 10.1. The lowest BCUT2D eigenvalue weighted by Gasteiger charge is -2.13. The van der Waals surface area contributed by atoms with Crippen LogP contribution in [0.3, 0.4) is 0 Å². The lowest BCUT2D eigenvalue weighted by Crippen LogP contribution is -2.37. The maximum absolute atomic E-state index is 12.1. The number of carbonyl (C=O) groups excluding carboxylic acids is 2. The number of rotatable bonds is 5. The second-order valence-electron chi connectivity index (χ2n) is 4.63. The zero-order chi connectivity index (χ0) is 16.3. The first-order valence-corrected chi connectivity index (χ1v) is 6.47. The number of nitro groups is 1. The Labute approximate surface area is 125 Å². The summed E-state index contributed by atoms with van der Waals surface area (Å²) in [5.74, 6) is -0.302. The number of hydrogen-bond donors (Lipinski definition) is 2. The summed E-state index contributed by atoms with van der Waals surface area (Å²) in [6.45, 7) is 0. The molecule has 0 aliphatic carbocycles. The van der Waals surface area contributed by atoms with Gasteiger partial charge in [0.2, 0.25) is 11.8 Å². The first kappa shape index (κ1) is 15.5. The van der Waals surface area contributed by atoms with Crippen molar-refractivity contribution in [2.24, 2.45) is 0 Å². The number of nitro benzene ring substituents is 1. The molecule has 1 fully saturated rings. The van der Waals surface area contributed by atoms with E-state index in [9.17, 15) is 19.7 Å². The highest BCUT2D eigenvalue weighted by atomic mass is 16.6. The third-order valence-electron chi connectivity index (χ3n) is 3.27. The fraction of sp³-hybridized carbons (Fsp3) is 0.385. The molecule has 22 heavy (non-hydrogen) atoms. The van der Waals surface area contributed by atoms with Gasteiger partial charge in [-0.3, -0.25) is 19.7 Å². The van der Waals surface area contributed by atoms with Gasteiger partial charge >= 0.3 is 0 Å². The first-order valence-electron chi connectivity index (χ1n) is 6.47. The maximum Gasteiger partial charge on any atom is 0.296 e. The minimum absolute atomic E-state index is 0.0196. The number of nitrogens with one attached hydrogen (secondary N) is 2. The molecule has 1 unspecified atom stereocenters. The summed E-state index contributed by atoms with van der Waals surface area (Å²) in [4.78, 5) is 33.7. The predicted molar refractivity (Wildman–Crippen MR) is 76.0 cm³/mol.